The zero-order valence-corrected chi connectivity index (χ0v) is 17.4. The number of hydrogen-bond acceptors (Lipinski definition) is 5. The number of hydrogen-bond donors (Lipinski definition) is 0. The molecule has 6 nitrogen and oxygen atoms in total. The van der Waals surface area contributed by atoms with Crippen LogP contribution in [0.1, 0.15) is 15.9 Å². The Kier molecular flexibility index (Phi) is 5.21. The van der Waals surface area contributed by atoms with Crippen molar-refractivity contribution in [1.29, 1.82) is 0 Å². The lowest BCUT2D eigenvalue weighted by molar-refractivity contribution is 0.0628. The monoisotopic (exact) mass is 439 g/mol. The van der Waals surface area contributed by atoms with Crippen LogP contribution in [0.25, 0.3) is 16.2 Å². The zero-order valence-electron chi connectivity index (χ0n) is 16.5. The summed E-state index contributed by atoms with van der Waals surface area (Å²) in [6, 6.07) is 10.1. The maximum atomic E-state index is 13.9. The van der Waals surface area contributed by atoms with Crippen LogP contribution >= 0.6 is 11.3 Å². The highest BCUT2D eigenvalue weighted by atomic mass is 32.1. The standard InChI is InChI=1S/C22H19F2N5OS/c23-17-4-1-3-15(20(17)24)14-27-8-10-28(11-9-27)22(30)16-13-26-29-18(6-7-25-21(16)29)19-5-2-12-31-19/h1-7,12-13H,8-11,14H2. The molecule has 0 atom stereocenters. The molecule has 158 valence electrons. The molecule has 1 amide bonds. The van der Waals surface area contributed by atoms with Gasteiger partial charge in [0.15, 0.2) is 17.3 Å². The van der Waals surface area contributed by atoms with Crippen LogP contribution in [0.15, 0.2) is 54.2 Å². The molecule has 0 spiro atoms. The minimum Gasteiger partial charge on any atom is -0.336 e. The fraction of sp³-hybridized carbons (Fsp3) is 0.227. The van der Waals surface area contributed by atoms with Gasteiger partial charge >= 0.3 is 0 Å². The van der Waals surface area contributed by atoms with Crippen LogP contribution in [-0.4, -0.2) is 56.5 Å². The summed E-state index contributed by atoms with van der Waals surface area (Å²) in [6.45, 7) is 2.47. The van der Waals surface area contributed by atoms with Crippen LogP contribution in [0.5, 0.6) is 0 Å². The first kappa shape index (κ1) is 19.8. The van der Waals surface area contributed by atoms with Gasteiger partial charge < -0.3 is 4.90 Å². The number of piperazine rings is 1. The van der Waals surface area contributed by atoms with Gasteiger partial charge in [-0.2, -0.15) is 5.10 Å². The number of nitrogens with zero attached hydrogens (tertiary/aromatic N) is 5. The van der Waals surface area contributed by atoms with Crippen molar-refractivity contribution < 1.29 is 13.6 Å². The molecule has 4 aromatic rings. The molecule has 0 saturated carbocycles. The minimum absolute atomic E-state index is 0.123. The fourth-order valence-corrected chi connectivity index (χ4v) is 4.58. The first-order chi connectivity index (χ1) is 15.1. The van der Waals surface area contributed by atoms with E-state index in [1.54, 1.807) is 39.2 Å². The molecule has 9 heteroatoms. The third-order valence-electron chi connectivity index (χ3n) is 5.49. The average Bonchev–Trinajstić information content (AvgIpc) is 3.47. The van der Waals surface area contributed by atoms with Gasteiger partial charge in [-0.1, -0.05) is 18.2 Å². The van der Waals surface area contributed by atoms with E-state index in [1.165, 1.54) is 6.07 Å². The Bertz CT molecular complexity index is 1230. The average molecular weight is 439 g/mol. The van der Waals surface area contributed by atoms with Crippen LogP contribution in [-0.2, 0) is 6.54 Å². The van der Waals surface area contributed by atoms with Crippen molar-refractivity contribution in [2.24, 2.45) is 0 Å². The number of aromatic nitrogens is 3. The quantitative estimate of drug-likeness (QED) is 0.487. The van der Waals surface area contributed by atoms with E-state index in [2.05, 4.69) is 10.1 Å². The maximum absolute atomic E-state index is 13.9. The number of fused-ring (bicyclic) bond motifs is 1. The Hall–Kier alpha value is -3.17. The van der Waals surface area contributed by atoms with Crippen LogP contribution in [0.4, 0.5) is 8.78 Å². The molecule has 0 bridgehead atoms. The summed E-state index contributed by atoms with van der Waals surface area (Å²) in [4.78, 5) is 22.4. The molecule has 1 aliphatic rings. The summed E-state index contributed by atoms with van der Waals surface area (Å²) >= 11 is 1.60. The van der Waals surface area contributed by atoms with E-state index < -0.39 is 11.6 Å². The molecule has 1 saturated heterocycles. The summed E-state index contributed by atoms with van der Waals surface area (Å²) in [6.07, 6.45) is 3.25. The highest BCUT2D eigenvalue weighted by Crippen LogP contribution is 2.26. The van der Waals surface area contributed by atoms with Crippen molar-refractivity contribution in [2.45, 2.75) is 6.54 Å². The predicted molar refractivity (Wildman–Crippen MR) is 114 cm³/mol. The zero-order chi connectivity index (χ0) is 21.4. The van der Waals surface area contributed by atoms with E-state index in [4.69, 9.17) is 0 Å². The number of halogens is 2. The topological polar surface area (TPSA) is 53.7 Å². The first-order valence-electron chi connectivity index (χ1n) is 9.93. The number of carbonyl (C=O) groups excluding carboxylic acids is 1. The summed E-state index contributed by atoms with van der Waals surface area (Å²) < 4.78 is 29.1. The van der Waals surface area contributed by atoms with Crippen LogP contribution in [0.3, 0.4) is 0 Å². The Morgan fingerprint density at radius 3 is 2.68 bits per heavy atom. The van der Waals surface area contributed by atoms with Crippen LogP contribution in [0, 0.1) is 11.6 Å². The van der Waals surface area contributed by atoms with Crippen molar-refractivity contribution in [2.75, 3.05) is 26.2 Å². The fourth-order valence-electron chi connectivity index (χ4n) is 3.84. The molecule has 31 heavy (non-hydrogen) atoms. The van der Waals surface area contributed by atoms with E-state index in [0.717, 1.165) is 16.6 Å². The van der Waals surface area contributed by atoms with Crippen molar-refractivity contribution in [3.8, 4) is 10.6 Å². The Balaban J connectivity index is 1.30. The van der Waals surface area contributed by atoms with Gasteiger partial charge in [0, 0.05) is 44.5 Å². The van der Waals surface area contributed by atoms with Gasteiger partial charge in [-0.15, -0.1) is 11.3 Å². The minimum atomic E-state index is -0.839. The number of amides is 1. The van der Waals surface area contributed by atoms with Crippen LogP contribution < -0.4 is 0 Å². The van der Waals surface area contributed by atoms with Gasteiger partial charge in [0.05, 0.1) is 16.8 Å². The Morgan fingerprint density at radius 2 is 1.90 bits per heavy atom. The second kappa shape index (κ2) is 8.16. The third-order valence-corrected chi connectivity index (χ3v) is 6.38. The predicted octanol–water partition coefficient (Wildman–Crippen LogP) is 3.69. The number of rotatable bonds is 4. The molecular formula is C22H19F2N5OS. The smallest absolute Gasteiger partial charge is 0.259 e. The summed E-state index contributed by atoms with van der Waals surface area (Å²) in [5.41, 5.74) is 2.21. The van der Waals surface area contributed by atoms with Crippen molar-refractivity contribution in [1.82, 2.24) is 24.4 Å². The van der Waals surface area contributed by atoms with Gasteiger partial charge in [-0.3, -0.25) is 9.69 Å². The molecule has 0 unspecified atom stereocenters. The molecule has 0 radical (unpaired) electrons. The number of carbonyl (C=O) groups is 1. The SMILES string of the molecule is O=C(c1cnn2c(-c3cccs3)ccnc12)N1CCN(Cc2cccc(F)c2F)CC1. The van der Waals surface area contributed by atoms with E-state index in [9.17, 15) is 13.6 Å². The van der Waals surface area contributed by atoms with E-state index in [1.807, 2.05) is 28.5 Å². The normalized spacial score (nSPS) is 15.0. The van der Waals surface area contributed by atoms with Gasteiger partial charge in [-0.05, 0) is 23.6 Å². The lowest BCUT2D eigenvalue weighted by atomic mass is 10.1. The van der Waals surface area contributed by atoms with Gasteiger partial charge in [0.1, 0.15) is 5.56 Å². The van der Waals surface area contributed by atoms with Gasteiger partial charge in [-0.25, -0.2) is 18.3 Å². The summed E-state index contributed by atoms with van der Waals surface area (Å²) in [5.74, 6) is -1.77. The second-order valence-corrected chi connectivity index (χ2v) is 8.33. The number of benzene rings is 1. The van der Waals surface area contributed by atoms with E-state index >= 15 is 0 Å². The summed E-state index contributed by atoms with van der Waals surface area (Å²) in [5, 5.41) is 6.40. The molecule has 1 aromatic carbocycles. The molecule has 4 heterocycles. The molecular weight excluding hydrogens is 420 g/mol. The molecule has 0 aliphatic carbocycles. The largest absolute Gasteiger partial charge is 0.336 e. The van der Waals surface area contributed by atoms with Crippen molar-refractivity contribution in [3.05, 3.63) is 76.9 Å². The Morgan fingerprint density at radius 1 is 1.06 bits per heavy atom. The lowest BCUT2D eigenvalue weighted by Crippen LogP contribution is -2.48. The van der Waals surface area contributed by atoms with Crippen molar-refractivity contribution >= 4 is 22.9 Å². The van der Waals surface area contributed by atoms with Gasteiger partial charge in [0.2, 0.25) is 0 Å². The molecule has 0 N–H and O–H groups in total. The molecule has 1 fully saturated rings. The third kappa shape index (κ3) is 3.70. The summed E-state index contributed by atoms with van der Waals surface area (Å²) in [7, 11) is 0. The van der Waals surface area contributed by atoms with Crippen LogP contribution in [0.2, 0.25) is 0 Å². The molecule has 1 aliphatic heterocycles. The highest BCUT2D eigenvalue weighted by Gasteiger charge is 2.26. The number of thiophene rings is 1. The van der Waals surface area contributed by atoms with E-state index in [-0.39, 0.29) is 5.91 Å². The first-order valence-corrected chi connectivity index (χ1v) is 10.8. The highest BCUT2D eigenvalue weighted by molar-refractivity contribution is 7.13. The van der Waals surface area contributed by atoms with E-state index in [0.29, 0.717) is 49.5 Å². The molecule has 5 rings (SSSR count). The maximum Gasteiger partial charge on any atom is 0.259 e. The van der Waals surface area contributed by atoms with Gasteiger partial charge in [0.25, 0.3) is 5.91 Å². The Labute approximate surface area is 181 Å². The second-order valence-electron chi connectivity index (χ2n) is 7.38. The molecule has 3 aromatic heterocycles. The lowest BCUT2D eigenvalue weighted by Gasteiger charge is -2.34. The van der Waals surface area contributed by atoms with Crippen molar-refractivity contribution in [3.63, 3.8) is 0 Å².